The van der Waals surface area contributed by atoms with E-state index in [1.165, 1.54) is 12.4 Å². The number of nitrogens with zero attached hydrogens (tertiary/aromatic N) is 2. The van der Waals surface area contributed by atoms with Gasteiger partial charge in [-0.15, -0.1) is 0 Å². The van der Waals surface area contributed by atoms with Crippen LogP contribution < -0.4 is 20.1 Å². The monoisotopic (exact) mass is 286 g/mol. The van der Waals surface area contributed by atoms with Crippen molar-refractivity contribution in [1.29, 1.82) is 0 Å². The molecule has 0 saturated heterocycles. The van der Waals surface area contributed by atoms with E-state index in [1.807, 2.05) is 6.92 Å². The molecule has 2 N–H and O–H groups in total. The number of nitrogens with one attached hydrogen (secondary N) is 2. The third-order valence-corrected chi connectivity index (χ3v) is 2.87. The van der Waals surface area contributed by atoms with Crippen molar-refractivity contribution < 1.29 is 14.3 Å². The van der Waals surface area contributed by atoms with Gasteiger partial charge in [-0.25, -0.2) is 9.97 Å². The fourth-order valence-electron chi connectivity index (χ4n) is 1.89. The molecule has 7 nitrogen and oxygen atoms in total. The Bertz CT molecular complexity index is 658. The Morgan fingerprint density at radius 3 is 2.86 bits per heavy atom. The molecule has 2 aromatic rings. The quantitative estimate of drug-likeness (QED) is 0.892. The summed E-state index contributed by atoms with van der Waals surface area (Å²) >= 11 is 0. The summed E-state index contributed by atoms with van der Waals surface area (Å²) in [4.78, 5) is 20.3. The Labute approximate surface area is 121 Å². The summed E-state index contributed by atoms with van der Waals surface area (Å²) in [6.07, 6.45) is 2.96. The molecule has 1 aromatic heterocycles. The molecule has 1 aromatic carbocycles. The number of carbonyl (C=O) groups is 1. The Morgan fingerprint density at radius 1 is 1.24 bits per heavy atom. The lowest BCUT2D eigenvalue weighted by molar-refractivity contribution is 0.102. The molecule has 0 fully saturated rings. The van der Waals surface area contributed by atoms with Gasteiger partial charge in [-0.1, -0.05) is 0 Å². The van der Waals surface area contributed by atoms with E-state index in [1.54, 1.807) is 18.2 Å². The summed E-state index contributed by atoms with van der Waals surface area (Å²) in [5, 5.41) is 5.76. The molecule has 0 aliphatic carbocycles. The molecular formula is C14H14N4O3. The number of ether oxygens (including phenoxy) is 2. The van der Waals surface area contributed by atoms with Crippen molar-refractivity contribution in [1.82, 2.24) is 9.97 Å². The Morgan fingerprint density at radius 2 is 2.10 bits per heavy atom. The first-order valence-electron chi connectivity index (χ1n) is 6.53. The molecule has 1 aliphatic heterocycles. The van der Waals surface area contributed by atoms with E-state index >= 15 is 0 Å². The van der Waals surface area contributed by atoms with Crippen molar-refractivity contribution in [3.63, 3.8) is 0 Å². The predicted molar refractivity (Wildman–Crippen MR) is 76.7 cm³/mol. The van der Waals surface area contributed by atoms with E-state index in [2.05, 4.69) is 20.6 Å². The van der Waals surface area contributed by atoms with Crippen LogP contribution in [0, 0.1) is 0 Å². The van der Waals surface area contributed by atoms with Crippen molar-refractivity contribution in [2.75, 3.05) is 24.0 Å². The van der Waals surface area contributed by atoms with Crippen molar-refractivity contribution in [3.8, 4) is 11.5 Å². The van der Waals surface area contributed by atoms with Gasteiger partial charge in [-0.05, 0) is 19.1 Å². The van der Waals surface area contributed by atoms with Crippen molar-refractivity contribution in [3.05, 3.63) is 36.3 Å². The van der Waals surface area contributed by atoms with Gasteiger partial charge in [0.1, 0.15) is 11.5 Å². The van der Waals surface area contributed by atoms with Crippen molar-refractivity contribution in [2.45, 2.75) is 6.92 Å². The van der Waals surface area contributed by atoms with Crippen LogP contribution in [0.15, 0.2) is 30.6 Å². The number of carbonyl (C=O) groups excluding carboxylic acids is 1. The van der Waals surface area contributed by atoms with Crippen LogP contribution in [0.3, 0.4) is 0 Å². The molecule has 0 radical (unpaired) electrons. The zero-order valence-corrected chi connectivity index (χ0v) is 11.4. The zero-order valence-electron chi connectivity index (χ0n) is 11.4. The predicted octanol–water partition coefficient (Wildman–Crippen LogP) is 1.89. The Balaban J connectivity index is 1.71. The fourth-order valence-corrected chi connectivity index (χ4v) is 1.89. The third-order valence-electron chi connectivity index (χ3n) is 2.87. The van der Waals surface area contributed by atoms with Crippen molar-refractivity contribution in [2.24, 2.45) is 0 Å². The Kier molecular flexibility index (Phi) is 3.55. The number of fused-ring (bicyclic) bond motifs is 1. The van der Waals surface area contributed by atoms with Crippen LogP contribution in [-0.2, 0) is 0 Å². The average molecular weight is 286 g/mol. The van der Waals surface area contributed by atoms with Gasteiger partial charge in [0.15, 0.2) is 11.5 Å². The lowest BCUT2D eigenvalue weighted by Crippen LogP contribution is -2.14. The van der Waals surface area contributed by atoms with Crippen LogP contribution in [0.1, 0.15) is 17.4 Å². The van der Waals surface area contributed by atoms with E-state index < -0.39 is 0 Å². The lowest BCUT2D eigenvalue weighted by atomic mass is 10.2. The molecule has 3 rings (SSSR count). The zero-order chi connectivity index (χ0) is 14.7. The second-order valence-electron chi connectivity index (χ2n) is 4.34. The van der Waals surface area contributed by atoms with Gasteiger partial charge < -0.3 is 20.1 Å². The average Bonchev–Trinajstić information content (AvgIpc) is 2.96. The smallest absolute Gasteiger partial charge is 0.275 e. The highest BCUT2D eigenvalue weighted by Crippen LogP contribution is 2.34. The minimum Gasteiger partial charge on any atom is -0.454 e. The summed E-state index contributed by atoms with van der Waals surface area (Å²) in [5.41, 5.74) is 0.858. The maximum absolute atomic E-state index is 12.1. The van der Waals surface area contributed by atoms with Crippen LogP contribution in [0.2, 0.25) is 0 Å². The molecule has 1 amide bonds. The highest BCUT2D eigenvalue weighted by Gasteiger charge is 2.15. The number of anilines is 2. The van der Waals surface area contributed by atoms with E-state index in [0.29, 0.717) is 23.0 Å². The number of amides is 1. The summed E-state index contributed by atoms with van der Waals surface area (Å²) in [5.74, 6) is 1.59. The SMILES string of the molecule is CCNc1cnc(C(=O)Nc2ccc3c(c2)OCO3)cn1. The molecule has 21 heavy (non-hydrogen) atoms. The largest absolute Gasteiger partial charge is 0.454 e. The van der Waals surface area contributed by atoms with Crippen LogP contribution in [0.25, 0.3) is 0 Å². The number of rotatable bonds is 4. The molecule has 0 bridgehead atoms. The van der Waals surface area contributed by atoms with Gasteiger partial charge in [-0.2, -0.15) is 0 Å². The highest BCUT2D eigenvalue weighted by molar-refractivity contribution is 6.02. The second-order valence-corrected chi connectivity index (χ2v) is 4.34. The van der Waals surface area contributed by atoms with Gasteiger partial charge in [-0.3, -0.25) is 4.79 Å². The number of hydrogen-bond acceptors (Lipinski definition) is 6. The molecule has 7 heteroatoms. The summed E-state index contributed by atoms with van der Waals surface area (Å²) in [6, 6.07) is 5.20. The third kappa shape index (κ3) is 2.86. The molecule has 0 saturated carbocycles. The summed E-state index contributed by atoms with van der Waals surface area (Å²) in [7, 11) is 0. The number of aromatic nitrogens is 2. The van der Waals surface area contributed by atoms with Gasteiger partial charge in [0.05, 0.1) is 12.4 Å². The van der Waals surface area contributed by atoms with Crippen molar-refractivity contribution >= 4 is 17.4 Å². The first kappa shape index (κ1) is 13.2. The van der Waals surface area contributed by atoms with Gasteiger partial charge in [0.2, 0.25) is 6.79 Å². The minimum absolute atomic E-state index is 0.199. The molecule has 2 heterocycles. The first-order chi connectivity index (χ1) is 10.3. The number of hydrogen-bond donors (Lipinski definition) is 2. The van der Waals surface area contributed by atoms with Gasteiger partial charge in [0.25, 0.3) is 5.91 Å². The van der Waals surface area contributed by atoms with E-state index in [9.17, 15) is 4.79 Å². The van der Waals surface area contributed by atoms with Gasteiger partial charge >= 0.3 is 0 Å². The maximum atomic E-state index is 12.1. The van der Waals surface area contributed by atoms with E-state index in [0.717, 1.165) is 6.54 Å². The standard InChI is InChI=1S/C14H14N4O3/c1-2-15-13-7-16-10(6-17-13)14(19)18-9-3-4-11-12(5-9)21-8-20-11/h3-7H,2,8H2,1H3,(H,15,17)(H,18,19). The van der Waals surface area contributed by atoms with E-state index in [4.69, 9.17) is 9.47 Å². The summed E-state index contributed by atoms with van der Waals surface area (Å²) < 4.78 is 10.5. The van der Waals surface area contributed by atoms with Crippen LogP contribution in [0.4, 0.5) is 11.5 Å². The normalized spacial score (nSPS) is 12.0. The topological polar surface area (TPSA) is 85.4 Å². The highest BCUT2D eigenvalue weighted by atomic mass is 16.7. The lowest BCUT2D eigenvalue weighted by Gasteiger charge is -2.06. The minimum atomic E-state index is -0.329. The maximum Gasteiger partial charge on any atom is 0.275 e. The molecule has 0 spiro atoms. The molecule has 0 unspecified atom stereocenters. The van der Waals surface area contributed by atoms with Crippen LogP contribution >= 0.6 is 0 Å². The van der Waals surface area contributed by atoms with Crippen LogP contribution in [-0.4, -0.2) is 29.2 Å². The molecule has 108 valence electrons. The molecule has 1 aliphatic rings. The van der Waals surface area contributed by atoms with Crippen LogP contribution in [0.5, 0.6) is 11.5 Å². The second kappa shape index (κ2) is 5.66. The number of benzene rings is 1. The van der Waals surface area contributed by atoms with E-state index in [-0.39, 0.29) is 18.4 Å². The Hall–Kier alpha value is -2.83. The summed E-state index contributed by atoms with van der Waals surface area (Å²) in [6.45, 7) is 2.91. The molecular weight excluding hydrogens is 272 g/mol. The molecule has 0 atom stereocenters. The first-order valence-corrected chi connectivity index (χ1v) is 6.53. The fraction of sp³-hybridized carbons (Fsp3) is 0.214. The van der Waals surface area contributed by atoms with Gasteiger partial charge in [0, 0.05) is 18.3 Å².